The van der Waals surface area contributed by atoms with Crippen molar-refractivity contribution in [3.05, 3.63) is 0 Å². The molecule has 7 nitrogen and oxygen atoms in total. The van der Waals surface area contributed by atoms with Crippen molar-refractivity contribution in [3.63, 3.8) is 0 Å². The summed E-state index contributed by atoms with van der Waals surface area (Å²) in [5.41, 5.74) is 4.94. The maximum absolute atomic E-state index is 12.0. The Labute approximate surface area is 112 Å². The third-order valence-electron chi connectivity index (χ3n) is 3.27. The fraction of sp³-hybridized carbons (Fsp3) is 0.750. The Morgan fingerprint density at radius 2 is 2.11 bits per heavy atom. The molecule has 0 aliphatic carbocycles. The minimum absolute atomic E-state index is 0.0371. The van der Waals surface area contributed by atoms with Crippen LogP contribution in [0.2, 0.25) is 0 Å². The minimum Gasteiger partial charge on any atom is -0.469 e. The van der Waals surface area contributed by atoms with E-state index in [1.54, 1.807) is 4.90 Å². The van der Waals surface area contributed by atoms with E-state index in [1.807, 2.05) is 0 Å². The van der Waals surface area contributed by atoms with Crippen LogP contribution < -0.4 is 11.1 Å². The Morgan fingerprint density at radius 1 is 1.37 bits per heavy atom. The average molecular weight is 271 g/mol. The topological polar surface area (TPSA) is 102 Å². The van der Waals surface area contributed by atoms with Crippen LogP contribution in [0.3, 0.4) is 0 Å². The van der Waals surface area contributed by atoms with Crippen molar-refractivity contribution in [2.24, 2.45) is 5.73 Å². The molecule has 0 spiro atoms. The summed E-state index contributed by atoms with van der Waals surface area (Å²) in [4.78, 5) is 35.4. The molecule has 1 fully saturated rings. The number of nitrogens with one attached hydrogen (secondary N) is 1. The number of piperidine rings is 1. The van der Waals surface area contributed by atoms with Gasteiger partial charge in [0, 0.05) is 19.0 Å². The Morgan fingerprint density at radius 3 is 2.74 bits per heavy atom. The maximum Gasteiger partial charge on any atom is 0.312 e. The highest BCUT2D eigenvalue weighted by atomic mass is 16.5. The summed E-state index contributed by atoms with van der Waals surface area (Å²) in [7, 11) is 1.35. The number of ether oxygens (including phenoxy) is 1. The molecule has 1 atom stereocenters. The second-order valence-corrected chi connectivity index (χ2v) is 4.57. The van der Waals surface area contributed by atoms with Crippen LogP contribution in [-0.2, 0) is 14.3 Å². The van der Waals surface area contributed by atoms with Gasteiger partial charge in [0.25, 0.3) is 0 Å². The van der Waals surface area contributed by atoms with Crippen molar-refractivity contribution in [2.45, 2.75) is 38.1 Å². The first-order valence-electron chi connectivity index (χ1n) is 6.44. The maximum atomic E-state index is 12.0. The number of nitrogens with zero attached hydrogens (tertiary/aromatic N) is 1. The van der Waals surface area contributed by atoms with E-state index in [-0.39, 0.29) is 24.5 Å². The Hall–Kier alpha value is -1.79. The number of hydrogen-bond acceptors (Lipinski definition) is 4. The number of carbonyl (C=O) groups is 3. The van der Waals surface area contributed by atoms with Gasteiger partial charge in [0.2, 0.25) is 5.91 Å². The number of rotatable bonds is 5. The Kier molecular flexibility index (Phi) is 6.11. The van der Waals surface area contributed by atoms with Gasteiger partial charge in [-0.3, -0.25) is 9.59 Å². The zero-order valence-corrected chi connectivity index (χ0v) is 11.2. The molecule has 1 heterocycles. The first kappa shape index (κ1) is 15.3. The number of urea groups is 1. The zero-order chi connectivity index (χ0) is 14.3. The number of likely N-dealkylation sites (tertiary alicyclic amines) is 1. The standard InChI is InChI=1S/C12H21N3O4/c1-19-11(17)6-5-9-4-2-3-7-15(9)10(16)8-14-12(13)18/h9H,2-8H2,1H3,(H3,13,14,18). The van der Waals surface area contributed by atoms with Gasteiger partial charge in [0.1, 0.15) is 0 Å². The van der Waals surface area contributed by atoms with Gasteiger partial charge < -0.3 is 20.7 Å². The minimum atomic E-state index is -0.712. The van der Waals surface area contributed by atoms with Crippen molar-refractivity contribution in [1.82, 2.24) is 10.2 Å². The van der Waals surface area contributed by atoms with Gasteiger partial charge in [-0.05, 0) is 25.7 Å². The molecule has 1 unspecified atom stereocenters. The van der Waals surface area contributed by atoms with Gasteiger partial charge in [-0.1, -0.05) is 0 Å². The van der Waals surface area contributed by atoms with Crippen molar-refractivity contribution in [3.8, 4) is 0 Å². The molecule has 1 rings (SSSR count). The average Bonchev–Trinajstić information content (AvgIpc) is 2.42. The molecule has 1 aliphatic rings. The van der Waals surface area contributed by atoms with Crippen LogP contribution >= 0.6 is 0 Å². The molecule has 0 radical (unpaired) electrons. The fourth-order valence-corrected chi connectivity index (χ4v) is 2.28. The number of esters is 1. The van der Waals surface area contributed by atoms with E-state index in [9.17, 15) is 14.4 Å². The highest BCUT2D eigenvalue weighted by Gasteiger charge is 2.26. The van der Waals surface area contributed by atoms with E-state index >= 15 is 0 Å². The van der Waals surface area contributed by atoms with E-state index in [0.29, 0.717) is 19.4 Å². The number of methoxy groups -OCH3 is 1. The van der Waals surface area contributed by atoms with Crippen LogP contribution in [0, 0.1) is 0 Å². The van der Waals surface area contributed by atoms with E-state index in [1.165, 1.54) is 7.11 Å². The molecule has 3 N–H and O–H groups in total. The molecule has 19 heavy (non-hydrogen) atoms. The summed E-state index contributed by atoms with van der Waals surface area (Å²) >= 11 is 0. The molecular weight excluding hydrogens is 250 g/mol. The second kappa shape index (κ2) is 7.60. The van der Waals surface area contributed by atoms with Crippen LogP contribution in [0.15, 0.2) is 0 Å². The lowest BCUT2D eigenvalue weighted by atomic mass is 9.98. The first-order valence-corrected chi connectivity index (χ1v) is 6.44. The monoisotopic (exact) mass is 271 g/mol. The van der Waals surface area contributed by atoms with Crippen LogP contribution in [0.1, 0.15) is 32.1 Å². The number of primary amides is 1. The highest BCUT2D eigenvalue weighted by Crippen LogP contribution is 2.21. The van der Waals surface area contributed by atoms with Crippen molar-refractivity contribution >= 4 is 17.9 Å². The molecule has 7 heteroatoms. The molecule has 0 aromatic heterocycles. The van der Waals surface area contributed by atoms with Gasteiger partial charge in [-0.25, -0.2) is 4.79 Å². The molecule has 0 saturated carbocycles. The summed E-state index contributed by atoms with van der Waals surface area (Å²) in [5.74, 6) is -0.429. The fourth-order valence-electron chi connectivity index (χ4n) is 2.28. The van der Waals surface area contributed by atoms with Gasteiger partial charge in [-0.2, -0.15) is 0 Å². The molecule has 0 aromatic carbocycles. The SMILES string of the molecule is COC(=O)CCC1CCCCN1C(=O)CNC(N)=O. The quantitative estimate of drug-likeness (QED) is 0.686. The molecule has 1 saturated heterocycles. The third kappa shape index (κ3) is 5.15. The second-order valence-electron chi connectivity index (χ2n) is 4.57. The lowest BCUT2D eigenvalue weighted by Crippen LogP contribution is -2.48. The predicted octanol–water partition coefficient (Wildman–Crippen LogP) is -0.0110. The molecular formula is C12H21N3O4. The predicted molar refractivity (Wildman–Crippen MR) is 68.2 cm³/mol. The number of hydrogen-bond donors (Lipinski definition) is 2. The van der Waals surface area contributed by atoms with Crippen molar-refractivity contribution in [1.29, 1.82) is 0 Å². The smallest absolute Gasteiger partial charge is 0.312 e. The van der Waals surface area contributed by atoms with Crippen LogP contribution in [0.4, 0.5) is 4.79 Å². The van der Waals surface area contributed by atoms with Crippen LogP contribution in [0.5, 0.6) is 0 Å². The molecule has 3 amide bonds. The normalized spacial score (nSPS) is 18.8. The summed E-state index contributed by atoms with van der Waals surface area (Å²) in [6.07, 6.45) is 3.75. The van der Waals surface area contributed by atoms with Crippen molar-refractivity contribution < 1.29 is 19.1 Å². The van der Waals surface area contributed by atoms with Crippen molar-refractivity contribution in [2.75, 3.05) is 20.2 Å². The Balaban J connectivity index is 2.49. The molecule has 0 bridgehead atoms. The lowest BCUT2D eigenvalue weighted by Gasteiger charge is -2.35. The van der Waals surface area contributed by atoms with E-state index < -0.39 is 6.03 Å². The molecule has 108 valence electrons. The van der Waals surface area contributed by atoms with E-state index in [4.69, 9.17) is 5.73 Å². The van der Waals surface area contributed by atoms with E-state index in [2.05, 4.69) is 10.1 Å². The van der Waals surface area contributed by atoms with Gasteiger partial charge in [-0.15, -0.1) is 0 Å². The highest BCUT2D eigenvalue weighted by molar-refractivity contribution is 5.83. The molecule has 1 aliphatic heterocycles. The van der Waals surface area contributed by atoms with E-state index in [0.717, 1.165) is 19.3 Å². The van der Waals surface area contributed by atoms with Crippen LogP contribution in [-0.4, -0.2) is 49.0 Å². The van der Waals surface area contributed by atoms with Gasteiger partial charge >= 0.3 is 12.0 Å². The largest absolute Gasteiger partial charge is 0.469 e. The van der Waals surface area contributed by atoms with Gasteiger partial charge in [0.15, 0.2) is 0 Å². The Bertz CT molecular complexity index is 346. The summed E-state index contributed by atoms with van der Waals surface area (Å²) in [6.45, 7) is 0.565. The number of nitrogens with two attached hydrogens (primary N) is 1. The lowest BCUT2D eigenvalue weighted by molar-refractivity contribution is -0.142. The summed E-state index contributed by atoms with van der Waals surface area (Å²) < 4.78 is 4.60. The third-order valence-corrected chi connectivity index (χ3v) is 3.27. The number of carbonyl (C=O) groups excluding carboxylic acids is 3. The molecule has 0 aromatic rings. The zero-order valence-electron chi connectivity index (χ0n) is 11.2. The number of amides is 3. The first-order chi connectivity index (χ1) is 9.04. The summed E-state index contributed by atoms with van der Waals surface area (Å²) in [5, 5.41) is 2.30. The van der Waals surface area contributed by atoms with Crippen LogP contribution in [0.25, 0.3) is 0 Å². The summed E-state index contributed by atoms with van der Waals surface area (Å²) in [6, 6.07) is -0.675. The van der Waals surface area contributed by atoms with Gasteiger partial charge in [0.05, 0.1) is 13.7 Å².